The summed E-state index contributed by atoms with van der Waals surface area (Å²) in [6.07, 6.45) is 11.5. The van der Waals surface area contributed by atoms with Gasteiger partial charge in [0.25, 0.3) is 0 Å². The van der Waals surface area contributed by atoms with Gasteiger partial charge in [-0.1, -0.05) is 25.3 Å². The van der Waals surface area contributed by atoms with E-state index in [0.717, 1.165) is 12.2 Å². The molecule has 4 saturated carbocycles. The molecule has 74 heavy (non-hydrogen) atoms. The maximum absolute atomic E-state index is 13.7. The van der Waals surface area contributed by atoms with E-state index in [-0.39, 0.29) is 109 Å². The summed E-state index contributed by atoms with van der Waals surface area (Å²) in [5, 5.41) is 0.646. The second-order valence-corrected chi connectivity index (χ2v) is 19.6. The molecule has 0 aromatic heterocycles. The van der Waals surface area contributed by atoms with Gasteiger partial charge in [-0.05, 0) is 147 Å². The molecule has 0 atom stereocenters. The summed E-state index contributed by atoms with van der Waals surface area (Å²) in [5.74, 6) is -5.67. The minimum atomic E-state index is -0.607. The van der Waals surface area contributed by atoms with Gasteiger partial charge in [-0.15, -0.1) is 0 Å². The van der Waals surface area contributed by atoms with Gasteiger partial charge in [0.1, 0.15) is 29.5 Å². The predicted octanol–water partition coefficient (Wildman–Crippen LogP) is 8.50. The van der Waals surface area contributed by atoms with Gasteiger partial charge in [-0.2, -0.15) is 0 Å². The first-order chi connectivity index (χ1) is 35.7. The first kappa shape index (κ1) is 56.7. The summed E-state index contributed by atoms with van der Waals surface area (Å²) >= 11 is 0. The van der Waals surface area contributed by atoms with Gasteiger partial charge in [0.2, 0.25) is 0 Å². The molecular weight excluding hydrogens is 961 g/mol. The molecule has 4 aliphatic carbocycles. The van der Waals surface area contributed by atoms with Gasteiger partial charge in [-0.3, -0.25) is 33.6 Å². The van der Waals surface area contributed by atoms with Crippen LogP contribution in [0.5, 0.6) is 17.2 Å². The van der Waals surface area contributed by atoms with E-state index in [9.17, 15) is 43.2 Å². The Morgan fingerprint density at radius 1 is 0.419 bits per heavy atom. The zero-order chi connectivity index (χ0) is 53.0. The van der Waals surface area contributed by atoms with Crippen LogP contribution in [0.2, 0.25) is 0 Å². The average Bonchev–Trinajstić information content (AvgIpc) is 3.41. The number of carbonyl (C=O) groups excluding carboxylic acids is 9. The van der Waals surface area contributed by atoms with E-state index >= 15 is 0 Å². The van der Waals surface area contributed by atoms with Crippen LogP contribution in [0, 0.1) is 35.5 Å². The number of carbonyl (C=O) groups is 9. The molecule has 2 aromatic carbocycles. The van der Waals surface area contributed by atoms with Crippen LogP contribution in [-0.4, -0.2) is 92.4 Å². The van der Waals surface area contributed by atoms with Crippen molar-refractivity contribution < 1.29 is 85.8 Å². The topological polar surface area (TPSA) is 237 Å². The normalized spacial score (nSPS) is 23.6. The minimum absolute atomic E-state index is 0.110. The van der Waals surface area contributed by atoms with Crippen LogP contribution in [0.25, 0.3) is 10.8 Å². The van der Waals surface area contributed by atoms with Crippen molar-refractivity contribution in [3.05, 3.63) is 55.6 Å². The maximum atomic E-state index is 13.7. The van der Waals surface area contributed by atoms with Crippen molar-refractivity contribution in [1.29, 1.82) is 0 Å². The number of benzene rings is 2. The molecule has 4 fully saturated rings. The molecule has 18 heteroatoms. The Kier molecular flexibility index (Phi) is 22.0. The van der Waals surface area contributed by atoms with E-state index in [1.807, 2.05) is 0 Å². The molecule has 0 heterocycles. The lowest BCUT2D eigenvalue weighted by atomic mass is 9.82. The second-order valence-electron chi connectivity index (χ2n) is 19.6. The molecule has 0 spiro atoms. The summed E-state index contributed by atoms with van der Waals surface area (Å²) in [6, 6.07) is 7.89. The van der Waals surface area contributed by atoms with Gasteiger partial charge in [0.15, 0.2) is 0 Å². The SMILES string of the molecule is C=CC(=O)OCCCCOC(=O)C1CCC(OC(=O)C2CCC(C(=O)Oc3ccc(OC(=O)C4CCC(C(=O)OC5CCC(C(=O)OCCCCOC(=O)C=C)CC5)CC4)c4c(OC(C)=O)cccc34)CC2)CC1. The predicted molar refractivity (Wildman–Crippen MR) is 264 cm³/mol. The van der Waals surface area contributed by atoms with Gasteiger partial charge < -0.3 is 42.6 Å². The second kappa shape index (κ2) is 28.8. The highest BCUT2D eigenvalue weighted by molar-refractivity contribution is 6.01. The Labute approximate surface area is 431 Å². The Hall–Kier alpha value is -6.59. The highest BCUT2D eigenvalue weighted by Gasteiger charge is 2.37. The number of rotatable bonds is 23. The van der Waals surface area contributed by atoms with E-state index < -0.39 is 41.7 Å². The number of ether oxygens (including phenoxy) is 9. The fraction of sp³-hybridized carbons (Fsp3) is 0.589. The Morgan fingerprint density at radius 3 is 1.16 bits per heavy atom. The standard InChI is InChI=1S/C56H70O18/c1-4-48(58)66-31-6-8-33-68-51(60)36-21-25-42(26-22-36)71-53(62)38-13-17-40(18-14-38)55(64)73-45-29-30-47(50-44(45)11-10-12-46(50)70-35(3)57)74-56(65)41-19-15-39(16-20-41)54(63)72-43-27-23-37(24-28-43)52(61)69-34-9-7-32-67-49(59)5-2/h4-5,10-12,29-30,36-43H,1-2,6-9,13-28,31-34H2,3H3. The van der Waals surface area contributed by atoms with Crippen molar-refractivity contribution in [3.8, 4) is 17.2 Å². The van der Waals surface area contributed by atoms with Crippen LogP contribution >= 0.6 is 0 Å². The van der Waals surface area contributed by atoms with Crippen LogP contribution < -0.4 is 14.2 Å². The van der Waals surface area contributed by atoms with Crippen molar-refractivity contribution in [2.45, 2.75) is 148 Å². The monoisotopic (exact) mass is 1030 g/mol. The van der Waals surface area contributed by atoms with Gasteiger partial charge >= 0.3 is 53.7 Å². The molecule has 0 bridgehead atoms. The third-order valence-electron chi connectivity index (χ3n) is 14.4. The largest absolute Gasteiger partial charge is 0.465 e. The molecule has 0 aliphatic heterocycles. The molecule has 0 radical (unpaired) electrons. The van der Waals surface area contributed by atoms with Crippen molar-refractivity contribution in [1.82, 2.24) is 0 Å². The lowest BCUT2D eigenvalue weighted by Crippen LogP contribution is -2.33. The molecule has 2 aromatic rings. The van der Waals surface area contributed by atoms with Gasteiger partial charge in [-0.25, -0.2) is 9.59 Å². The fourth-order valence-electron chi connectivity index (χ4n) is 10.0. The first-order valence-electron chi connectivity index (χ1n) is 26.2. The van der Waals surface area contributed by atoms with Crippen LogP contribution in [-0.2, 0) is 71.6 Å². The minimum Gasteiger partial charge on any atom is -0.465 e. The Balaban J connectivity index is 0.920. The molecular formula is C56H70O18. The van der Waals surface area contributed by atoms with E-state index in [1.165, 1.54) is 19.1 Å². The third-order valence-corrected chi connectivity index (χ3v) is 14.4. The summed E-state index contributed by atoms with van der Waals surface area (Å²) in [6.45, 7) is 8.86. The molecule has 0 unspecified atom stereocenters. The quantitative estimate of drug-likeness (QED) is 0.0333. The molecule has 0 N–H and O–H groups in total. The molecule has 4 aliphatic rings. The summed E-state index contributed by atoms with van der Waals surface area (Å²) in [4.78, 5) is 113. The highest BCUT2D eigenvalue weighted by atomic mass is 16.6. The molecule has 0 amide bonds. The lowest BCUT2D eigenvalue weighted by Gasteiger charge is -2.30. The first-order valence-corrected chi connectivity index (χ1v) is 26.2. The van der Waals surface area contributed by atoms with E-state index in [2.05, 4.69) is 13.2 Å². The van der Waals surface area contributed by atoms with E-state index in [1.54, 1.807) is 18.2 Å². The van der Waals surface area contributed by atoms with Crippen LogP contribution in [0.15, 0.2) is 55.6 Å². The van der Waals surface area contributed by atoms with Crippen LogP contribution in [0.3, 0.4) is 0 Å². The van der Waals surface area contributed by atoms with Crippen molar-refractivity contribution in [2.24, 2.45) is 35.5 Å². The fourth-order valence-corrected chi connectivity index (χ4v) is 10.0. The number of esters is 9. The Bertz CT molecular complexity index is 2320. The number of fused-ring (bicyclic) bond motifs is 1. The zero-order valence-corrected chi connectivity index (χ0v) is 42.4. The molecule has 18 nitrogen and oxygen atoms in total. The van der Waals surface area contributed by atoms with Gasteiger partial charge in [0.05, 0.1) is 67.3 Å². The average molecular weight is 1030 g/mol. The van der Waals surface area contributed by atoms with Crippen molar-refractivity contribution in [3.63, 3.8) is 0 Å². The summed E-state index contributed by atoms with van der Waals surface area (Å²) in [5.41, 5.74) is 0. The highest BCUT2D eigenvalue weighted by Crippen LogP contribution is 2.42. The zero-order valence-electron chi connectivity index (χ0n) is 42.4. The number of unbranched alkanes of at least 4 members (excludes halogenated alkanes) is 2. The third kappa shape index (κ3) is 17.0. The Morgan fingerprint density at radius 2 is 0.757 bits per heavy atom. The summed E-state index contributed by atoms with van der Waals surface area (Å²) < 4.78 is 49.9. The van der Waals surface area contributed by atoms with Crippen molar-refractivity contribution in [2.75, 3.05) is 26.4 Å². The molecule has 6 rings (SSSR count). The number of hydrogen-bond acceptors (Lipinski definition) is 18. The van der Waals surface area contributed by atoms with Crippen LogP contribution in [0.4, 0.5) is 0 Å². The number of hydrogen-bond donors (Lipinski definition) is 0. The maximum Gasteiger partial charge on any atom is 0.330 e. The van der Waals surface area contributed by atoms with Crippen LogP contribution in [0.1, 0.15) is 135 Å². The van der Waals surface area contributed by atoms with E-state index in [4.69, 9.17) is 42.6 Å². The summed E-state index contributed by atoms with van der Waals surface area (Å²) in [7, 11) is 0. The van der Waals surface area contributed by atoms with Crippen molar-refractivity contribution >= 4 is 64.5 Å². The van der Waals surface area contributed by atoms with E-state index in [0.29, 0.717) is 134 Å². The molecule has 0 saturated heterocycles. The van der Waals surface area contributed by atoms with Gasteiger partial charge in [0, 0.05) is 24.5 Å². The molecule has 402 valence electrons. The smallest absolute Gasteiger partial charge is 0.330 e. The lowest BCUT2D eigenvalue weighted by molar-refractivity contribution is -0.161.